The first kappa shape index (κ1) is 11.9. The third-order valence-electron chi connectivity index (χ3n) is 2.39. The standard InChI is InChI=1S/C12H13NO3S/c1-14-9-3-4-11(15-2)10(6-9)12-5-8(7-17)13-16-12/h3-6,17H,7H2,1-2H3. The van der Waals surface area contributed by atoms with Gasteiger partial charge in [0.25, 0.3) is 0 Å². The zero-order valence-corrected chi connectivity index (χ0v) is 10.5. The molecule has 0 aliphatic rings. The molecule has 0 radical (unpaired) electrons. The molecule has 0 bridgehead atoms. The van der Waals surface area contributed by atoms with E-state index in [0.29, 0.717) is 17.3 Å². The summed E-state index contributed by atoms with van der Waals surface area (Å²) in [5, 5.41) is 3.89. The lowest BCUT2D eigenvalue weighted by atomic mass is 10.1. The van der Waals surface area contributed by atoms with Crippen LogP contribution in [0, 0.1) is 0 Å². The van der Waals surface area contributed by atoms with Crippen molar-refractivity contribution in [2.75, 3.05) is 14.2 Å². The van der Waals surface area contributed by atoms with E-state index in [1.807, 2.05) is 24.3 Å². The summed E-state index contributed by atoms with van der Waals surface area (Å²) in [6, 6.07) is 7.35. The van der Waals surface area contributed by atoms with Crippen molar-refractivity contribution in [2.24, 2.45) is 0 Å². The molecule has 17 heavy (non-hydrogen) atoms. The van der Waals surface area contributed by atoms with Crippen LogP contribution < -0.4 is 9.47 Å². The van der Waals surface area contributed by atoms with Crippen LogP contribution in [0.5, 0.6) is 11.5 Å². The maximum Gasteiger partial charge on any atom is 0.171 e. The average molecular weight is 251 g/mol. The van der Waals surface area contributed by atoms with Gasteiger partial charge in [-0.1, -0.05) is 5.16 Å². The largest absolute Gasteiger partial charge is 0.497 e. The molecule has 0 spiro atoms. The number of methoxy groups -OCH3 is 2. The molecular weight excluding hydrogens is 238 g/mol. The Hall–Kier alpha value is -1.62. The van der Waals surface area contributed by atoms with Crippen LogP contribution in [0.15, 0.2) is 28.8 Å². The molecule has 1 aromatic carbocycles. The Morgan fingerprint density at radius 2 is 2.06 bits per heavy atom. The van der Waals surface area contributed by atoms with Gasteiger partial charge < -0.3 is 14.0 Å². The van der Waals surface area contributed by atoms with Crippen molar-refractivity contribution in [2.45, 2.75) is 5.75 Å². The number of rotatable bonds is 4. The highest BCUT2D eigenvalue weighted by molar-refractivity contribution is 7.79. The number of thiol groups is 1. The highest BCUT2D eigenvalue weighted by Gasteiger charge is 2.12. The topological polar surface area (TPSA) is 44.5 Å². The van der Waals surface area contributed by atoms with E-state index in [9.17, 15) is 0 Å². The first-order valence-electron chi connectivity index (χ1n) is 5.07. The molecule has 0 saturated carbocycles. The molecule has 0 aliphatic carbocycles. The summed E-state index contributed by atoms with van der Waals surface area (Å²) in [4.78, 5) is 0. The molecular formula is C12H13NO3S. The Balaban J connectivity index is 2.47. The fourth-order valence-corrected chi connectivity index (χ4v) is 1.67. The number of hydrogen-bond acceptors (Lipinski definition) is 5. The Morgan fingerprint density at radius 3 is 2.65 bits per heavy atom. The van der Waals surface area contributed by atoms with Crippen molar-refractivity contribution in [1.29, 1.82) is 0 Å². The smallest absolute Gasteiger partial charge is 0.171 e. The van der Waals surface area contributed by atoms with E-state index in [4.69, 9.17) is 14.0 Å². The highest BCUT2D eigenvalue weighted by atomic mass is 32.1. The zero-order chi connectivity index (χ0) is 12.3. The van der Waals surface area contributed by atoms with Crippen LogP contribution in [0.1, 0.15) is 5.69 Å². The van der Waals surface area contributed by atoms with E-state index in [0.717, 1.165) is 17.0 Å². The van der Waals surface area contributed by atoms with Gasteiger partial charge >= 0.3 is 0 Å². The van der Waals surface area contributed by atoms with E-state index in [2.05, 4.69) is 17.8 Å². The summed E-state index contributed by atoms with van der Waals surface area (Å²) in [5.74, 6) is 2.64. The fourth-order valence-electron chi connectivity index (χ4n) is 1.52. The number of aromatic nitrogens is 1. The van der Waals surface area contributed by atoms with Crippen molar-refractivity contribution in [3.8, 4) is 22.8 Å². The van der Waals surface area contributed by atoms with Crippen LogP contribution >= 0.6 is 12.6 Å². The number of hydrogen-bond donors (Lipinski definition) is 1. The average Bonchev–Trinajstić information content (AvgIpc) is 2.86. The summed E-state index contributed by atoms with van der Waals surface area (Å²) < 4.78 is 15.7. The van der Waals surface area contributed by atoms with Crippen LogP contribution in [0.4, 0.5) is 0 Å². The normalized spacial score (nSPS) is 10.3. The van der Waals surface area contributed by atoms with Crippen molar-refractivity contribution in [3.05, 3.63) is 30.0 Å². The number of ether oxygens (including phenoxy) is 2. The monoisotopic (exact) mass is 251 g/mol. The Labute approximate surface area is 105 Å². The van der Waals surface area contributed by atoms with Crippen LogP contribution in [-0.4, -0.2) is 19.4 Å². The first-order chi connectivity index (χ1) is 8.28. The van der Waals surface area contributed by atoms with Gasteiger partial charge in [0.05, 0.1) is 25.5 Å². The van der Waals surface area contributed by atoms with Crippen molar-refractivity contribution in [3.63, 3.8) is 0 Å². The second kappa shape index (κ2) is 5.14. The van der Waals surface area contributed by atoms with E-state index in [-0.39, 0.29) is 0 Å². The maximum absolute atomic E-state index is 5.28. The predicted octanol–water partition coefficient (Wildman–Crippen LogP) is 2.79. The minimum absolute atomic E-state index is 0.537. The van der Waals surface area contributed by atoms with Crippen molar-refractivity contribution < 1.29 is 14.0 Å². The van der Waals surface area contributed by atoms with Crippen LogP contribution in [0.2, 0.25) is 0 Å². The molecule has 0 saturated heterocycles. The third-order valence-corrected chi connectivity index (χ3v) is 2.72. The van der Waals surface area contributed by atoms with Gasteiger partial charge in [-0.3, -0.25) is 0 Å². The van der Waals surface area contributed by atoms with E-state index < -0.39 is 0 Å². The summed E-state index contributed by atoms with van der Waals surface area (Å²) in [5.41, 5.74) is 1.60. The van der Waals surface area contributed by atoms with Gasteiger partial charge in [0, 0.05) is 11.8 Å². The van der Waals surface area contributed by atoms with E-state index >= 15 is 0 Å². The minimum Gasteiger partial charge on any atom is -0.497 e. The molecule has 0 fully saturated rings. The maximum atomic E-state index is 5.28. The molecule has 90 valence electrons. The van der Waals surface area contributed by atoms with Crippen molar-refractivity contribution >= 4 is 12.6 Å². The lowest BCUT2D eigenvalue weighted by Crippen LogP contribution is -1.89. The van der Waals surface area contributed by atoms with Crippen LogP contribution in [-0.2, 0) is 5.75 Å². The first-order valence-corrected chi connectivity index (χ1v) is 5.70. The van der Waals surface area contributed by atoms with E-state index in [1.165, 1.54) is 0 Å². The SMILES string of the molecule is COc1ccc(OC)c(-c2cc(CS)no2)c1. The molecule has 1 aromatic heterocycles. The molecule has 2 rings (SSSR count). The minimum atomic E-state index is 0.537. The van der Waals surface area contributed by atoms with Gasteiger partial charge in [-0.05, 0) is 18.2 Å². The molecule has 0 atom stereocenters. The Kier molecular flexibility index (Phi) is 3.58. The molecule has 1 heterocycles. The molecule has 2 aromatic rings. The van der Waals surface area contributed by atoms with Crippen molar-refractivity contribution in [1.82, 2.24) is 5.16 Å². The van der Waals surface area contributed by atoms with Gasteiger partial charge in [-0.2, -0.15) is 12.6 Å². The number of nitrogens with zero attached hydrogens (tertiary/aromatic N) is 1. The van der Waals surface area contributed by atoms with Gasteiger partial charge in [0.1, 0.15) is 11.5 Å². The Bertz CT molecular complexity index is 510. The van der Waals surface area contributed by atoms with Gasteiger partial charge in [-0.25, -0.2) is 0 Å². The highest BCUT2D eigenvalue weighted by Crippen LogP contribution is 2.33. The summed E-state index contributed by atoms with van der Waals surface area (Å²) in [6.45, 7) is 0. The third kappa shape index (κ3) is 2.39. The second-order valence-electron chi connectivity index (χ2n) is 3.41. The Morgan fingerprint density at radius 1 is 1.24 bits per heavy atom. The van der Waals surface area contributed by atoms with Crippen LogP contribution in [0.3, 0.4) is 0 Å². The molecule has 0 N–H and O–H groups in total. The lowest BCUT2D eigenvalue weighted by Gasteiger charge is -2.07. The molecule has 0 aliphatic heterocycles. The van der Waals surface area contributed by atoms with E-state index in [1.54, 1.807) is 14.2 Å². The molecule has 0 amide bonds. The number of benzene rings is 1. The lowest BCUT2D eigenvalue weighted by molar-refractivity contribution is 0.397. The zero-order valence-electron chi connectivity index (χ0n) is 9.64. The predicted molar refractivity (Wildman–Crippen MR) is 67.7 cm³/mol. The van der Waals surface area contributed by atoms with Gasteiger partial charge in [-0.15, -0.1) is 0 Å². The quantitative estimate of drug-likeness (QED) is 0.849. The summed E-state index contributed by atoms with van der Waals surface area (Å²) in [7, 11) is 3.23. The van der Waals surface area contributed by atoms with Crippen LogP contribution in [0.25, 0.3) is 11.3 Å². The molecule has 4 nitrogen and oxygen atoms in total. The molecule has 5 heteroatoms. The van der Waals surface area contributed by atoms with Gasteiger partial charge in [0.2, 0.25) is 0 Å². The summed E-state index contributed by atoms with van der Waals surface area (Å²) in [6.07, 6.45) is 0. The second-order valence-corrected chi connectivity index (χ2v) is 3.72. The summed E-state index contributed by atoms with van der Waals surface area (Å²) >= 11 is 4.14. The molecule has 0 unspecified atom stereocenters. The fraction of sp³-hybridized carbons (Fsp3) is 0.250. The van der Waals surface area contributed by atoms with Gasteiger partial charge in [0.15, 0.2) is 5.76 Å².